The molecule has 0 fully saturated rings. The van der Waals surface area contributed by atoms with Gasteiger partial charge >= 0.3 is 0 Å². The van der Waals surface area contributed by atoms with Gasteiger partial charge in [0.2, 0.25) is 0 Å². The molecule has 0 unspecified atom stereocenters. The molecule has 0 saturated heterocycles. The number of benzene rings is 1. The molecule has 0 amide bonds. The summed E-state index contributed by atoms with van der Waals surface area (Å²) in [4.78, 5) is 2.64. The van der Waals surface area contributed by atoms with Crippen LogP contribution in [0.1, 0.15) is 70.9 Å². The van der Waals surface area contributed by atoms with Crippen molar-refractivity contribution < 1.29 is 0 Å². The molecule has 2 rings (SSSR count). The Hall–Kier alpha value is -1.02. The van der Waals surface area contributed by atoms with Crippen molar-refractivity contribution in [1.82, 2.24) is 5.32 Å². The van der Waals surface area contributed by atoms with Crippen molar-refractivity contribution in [3.63, 3.8) is 0 Å². The summed E-state index contributed by atoms with van der Waals surface area (Å²) >= 11 is 0. The largest absolute Gasteiger partial charge is 0.366 e. The Morgan fingerprint density at radius 2 is 2.05 bits per heavy atom. The Bertz CT molecular complexity index is 465. The number of anilines is 1. The van der Waals surface area contributed by atoms with E-state index < -0.39 is 0 Å². The third-order valence-electron chi connectivity index (χ3n) is 4.76. The fourth-order valence-corrected chi connectivity index (χ4v) is 3.66. The first-order valence-electron chi connectivity index (χ1n) is 8.60. The third kappa shape index (κ3) is 3.60. The van der Waals surface area contributed by atoms with Gasteiger partial charge in [0.05, 0.1) is 0 Å². The van der Waals surface area contributed by atoms with Gasteiger partial charge in [0, 0.05) is 24.3 Å². The number of nitrogens with zero attached hydrogens (tertiary/aromatic N) is 1. The molecule has 2 heteroatoms. The standard InChI is InChI=1S/C19H32N2/c1-6-8-11-21-18-10-9-16(14-20-7-2)12-17(18)15(3)13-19(21,4)5/h9-10,12,15,20H,6-8,11,13-14H2,1-5H3/t15-/m0/s1. The van der Waals surface area contributed by atoms with Gasteiger partial charge in [-0.1, -0.05) is 39.3 Å². The van der Waals surface area contributed by atoms with E-state index in [1.807, 2.05) is 0 Å². The van der Waals surface area contributed by atoms with Gasteiger partial charge < -0.3 is 10.2 Å². The number of unbranched alkanes of at least 4 members (excludes halogenated alkanes) is 1. The predicted octanol–water partition coefficient (Wildman–Crippen LogP) is 4.69. The van der Waals surface area contributed by atoms with Gasteiger partial charge in [0.1, 0.15) is 0 Å². The van der Waals surface area contributed by atoms with E-state index in [0.29, 0.717) is 5.92 Å². The second kappa shape index (κ2) is 6.83. The summed E-state index contributed by atoms with van der Waals surface area (Å²) in [7, 11) is 0. The molecule has 1 aromatic carbocycles. The molecule has 0 bridgehead atoms. The Balaban J connectivity index is 2.31. The summed E-state index contributed by atoms with van der Waals surface area (Å²) in [6, 6.07) is 7.08. The first-order valence-corrected chi connectivity index (χ1v) is 8.60. The van der Waals surface area contributed by atoms with E-state index in [0.717, 1.165) is 13.1 Å². The molecule has 0 radical (unpaired) electrons. The second-order valence-electron chi connectivity index (χ2n) is 7.10. The maximum atomic E-state index is 3.43. The van der Waals surface area contributed by atoms with Crippen LogP contribution in [0.5, 0.6) is 0 Å². The lowest BCUT2D eigenvalue weighted by Crippen LogP contribution is -2.48. The Kier molecular flexibility index (Phi) is 5.32. The van der Waals surface area contributed by atoms with Crippen LogP contribution in [-0.4, -0.2) is 18.6 Å². The maximum Gasteiger partial charge on any atom is 0.0406 e. The predicted molar refractivity (Wildman–Crippen MR) is 93.2 cm³/mol. The molecule has 118 valence electrons. The zero-order valence-electron chi connectivity index (χ0n) is 14.5. The van der Waals surface area contributed by atoms with Crippen molar-refractivity contribution >= 4 is 5.69 Å². The van der Waals surface area contributed by atoms with Crippen LogP contribution in [0, 0.1) is 0 Å². The summed E-state index contributed by atoms with van der Waals surface area (Å²) in [5.41, 5.74) is 4.69. The number of rotatable bonds is 6. The van der Waals surface area contributed by atoms with E-state index in [1.165, 1.54) is 37.1 Å². The van der Waals surface area contributed by atoms with E-state index in [4.69, 9.17) is 0 Å². The van der Waals surface area contributed by atoms with Crippen LogP contribution in [0.3, 0.4) is 0 Å². The highest BCUT2D eigenvalue weighted by Gasteiger charge is 2.35. The van der Waals surface area contributed by atoms with Gasteiger partial charge in [0.15, 0.2) is 0 Å². The van der Waals surface area contributed by atoms with E-state index in [9.17, 15) is 0 Å². The lowest BCUT2D eigenvalue weighted by Gasteiger charge is -2.48. The topological polar surface area (TPSA) is 15.3 Å². The number of hydrogen-bond acceptors (Lipinski definition) is 2. The lowest BCUT2D eigenvalue weighted by atomic mass is 9.79. The van der Waals surface area contributed by atoms with Crippen LogP contribution in [0.2, 0.25) is 0 Å². The molecule has 0 aromatic heterocycles. The Morgan fingerprint density at radius 3 is 2.71 bits per heavy atom. The summed E-state index contributed by atoms with van der Waals surface area (Å²) in [6.07, 6.45) is 3.78. The van der Waals surface area contributed by atoms with Crippen molar-refractivity contribution in [1.29, 1.82) is 0 Å². The van der Waals surface area contributed by atoms with Crippen molar-refractivity contribution in [3.8, 4) is 0 Å². The lowest BCUT2D eigenvalue weighted by molar-refractivity contribution is 0.373. The van der Waals surface area contributed by atoms with Crippen LogP contribution >= 0.6 is 0 Å². The summed E-state index contributed by atoms with van der Waals surface area (Å²) in [5, 5.41) is 3.43. The monoisotopic (exact) mass is 288 g/mol. The molecule has 21 heavy (non-hydrogen) atoms. The first kappa shape index (κ1) is 16.4. The van der Waals surface area contributed by atoms with E-state index in [1.54, 1.807) is 5.56 Å². The van der Waals surface area contributed by atoms with Crippen LogP contribution in [0.15, 0.2) is 18.2 Å². The quantitative estimate of drug-likeness (QED) is 0.817. The zero-order valence-corrected chi connectivity index (χ0v) is 14.5. The minimum Gasteiger partial charge on any atom is -0.366 e. The number of fused-ring (bicyclic) bond motifs is 1. The van der Waals surface area contributed by atoms with Crippen LogP contribution < -0.4 is 10.2 Å². The van der Waals surface area contributed by atoms with E-state index in [-0.39, 0.29) is 5.54 Å². The van der Waals surface area contributed by atoms with Crippen LogP contribution in [0.25, 0.3) is 0 Å². The van der Waals surface area contributed by atoms with Gasteiger partial charge in [-0.15, -0.1) is 0 Å². The fraction of sp³-hybridized carbons (Fsp3) is 0.684. The molecule has 1 heterocycles. The molecular formula is C19H32N2. The Morgan fingerprint density at radius 1 is 1.29 bits per heavy atom. The minimum atomic E-state index is 0.269. The van der Waals surface area contributed by atoms with E-state index >= 15 is 0 Å². The van der Waals surface area contributed by atoms with E-state index in [2.05, 4.69) is 63.0 Å². The average Bonchev–Trinajstić information content (AvgIpc) is 2.44. The Labute approximate surface area is 130 Å². The summed E-state index contributed by atoms with van der Waals surface area (Å²) in [5.74, 6) is 0.648. The van der Waals surface area contributed by atoms with Gasteiger partial charge in [-0.2, -0.15) is 0 Å². The second-order valence-corrected chi connectivity index (χ2v) is 7.10. The molecule has 1 aliphatic rings. The highest BCUT2D eigenvalue weighted by atomic mass is 15.2. The molecule has 1 aromatic rings. The molecule has 1 atom stereocenters. The van der Waals surface area contributed by atoms with Crippen molar-refractivity contribution in [3.05, 3.63) is 29.3 Å². The zero-order chi connectivity index (χ0) is 15.5. The van der Waals surface area contributed by atoms with Crippen LogP contribution in [-0.2, 0) is 6.54 Å². The van der Waals surface area contributed by atoms with Crippen LogP contribution in [0.4, 0.5) is 5.69 Å². The van der Waals surface area contributed by atoms with Crippen molar-refractivity contribution in [2.45, 2.75) is 71.9 Å². The normalized spacial score (nSPS) is 20.4. The van der Waals surface area contributed by atoms with Crippen molar-refractivity contribution in [2.75, 3.05) is 18.0 Å². The van der Waals surface area contributed by atoms with Gasteiger partial charge in [0.25, 0.3) is 0 Å². The summed E-state index contributed by atoms with van der Waals surface area (Å²) < 4.78 is 0. The molecule has 0 saturated carbocycles. The highest BCUT2D eigenvalue weighted by Crippen LogP contribution is 2.43. The minimum absolute atomic E-state index is 0.269. The molecule has 2 nitrogen and oxygen atoms in total. The third-order valence-corrected chi connectivity index (χ3v) is 4.76. The molecule has 0 spiro atoms. The summed E-state index contributed by atoms with van der Waals surface area (Å²) in [6.45, 7) is 14.8. The number of hydrogen-bond donors (Lipinski definition) is 1. The van der Waals surface area contributed by atoms with Gasteiger partial charge in [-0.25, -0.2) is 0 Å². The molecular weight excluding hydrogens is 256 g/mol. The molecule has 0 aliphatic carbocycles. The highest BCUT2D eigenvalue weighted by molar-refractivity contribution is 5.60. The molecule has 1 N–H and O–H groups in total. The number of nitrogens with one attached hydrogen (secondary N) is 1. The SMILES string of the molecule is CCCCN1c2ccc(CNCC)cc2[C@@H](C)CC1(C)C. The average molecular weight is 288 g/mol. The fourth-order valence-electron chi connectivity index (χ4n) is 3.66. The maximum absolute atomic E-state index is 3.43. The van der Waals surface area contributed by atoms with Crippen molar-refractivity contribution in [2.24, 2.45) is 0 Å². The first-order chi connectivity index (χ1) is 9.99. The van der Waals surface area contributed by atoms with Gasteiger partial charge in [-0.3, -0.25) is 0 Å². The molecule has 1 aliphatic heterocycles. The van der Waals surface area contributed by atoms with Gasteiger partial charge in [-0.05, 0) is 56.3 Å². The smallest absolute Gasteiger partial charge is 0.0406 e.